The summed E-state index contributed by atoms with van der Waals surface area (Å²) in [6, 6.07) is 14.3. The predicted molar refractivity (Wildman–Crippen MR) is 159 cm³/mol. The summed E-state index contributed by atoms with van der Waals surface area (Å²) in [6.07, 6.45) is 6.31. The Balaban J connectivity index is 0.000000280. The van der Waals surface area contributed by atoms with Gasteiger partial charge in [0, 0.05) is 30.5 Å². The fourth-order valence-corrected chi connectivity index (χ4v) is 6.11. The minimum atomic E-state index is 0.0289. The summed E-state index contributed by atoms with van der Waals surface area (Å²) in [5.41, 5.74) is 5.46. The molecule has 2 N–H and O–H groups in total. The van der Waals surface area contributed by atoms with E-state index >= 15 is 0 Å². The van der Waals surface area contributed by atoms with Crippen molar-refractivity contribution < 1.29 is 9.84 Å². The van der Waals surface area contributed by atoms with E-state index in [1.165, 1.54) is 61.3 Å². The lowest BCUT2D eigenvalue weighted by atomic mass is 10.0. The molecule has 0 bridgehead atoms. The molecule has 1 fully saturated rings. The van der Waals surface area contributed by atoms with Crippen molar-refractivity contribution in [2.75, 3.05) is 39.5 Å². The number of nitrogens with zero attached hydrogens (tertiary/aromatic N) is 4. The Bertz CT molecular complexity index is 1190. The van der Waals surface area contributed by atoms with Crippen LogP contribution in [0, 0.1) is 11.3 Å². The molecule has 0 saturated carbocycles. The quantitative estimate of drug-likeness (QED) is 0.276. The van der Waals surface area contributed by atoms with Gasteiger partial charge in [-0.2, -0.15) is 5.26 Å². The number of benzene rings is 2. The largest absolute Gasteiger partial charge is 0.490 e. The van der Waals surface area contributed by atoms with Gasteiger partial charge in [0.25, 0.3) is 0 Å². The molecule has 204 valence electrons. The van der Waals surface area contributed by atoms with Gasteiger partial charge in [-0.1, -0.05) is 41.5 Å². The minimum absolute atomic E-state index is 0.0289. The van der Waals surface area contributed by atoms with Gasteiger partial charge in [-0.25, -0.2) is 0 Å². The zero-order chi connectivity index (χ0) is 27.3. The highest BCUT2D eigenvalue weighted by Crippen LogP contribution is 2.37. The lowest BCUT2D eigenvalue weighted by Gasteiger charge is -2.12. The Morgan fingerprint density at radius 3 is 2.58 bits per heavy atom. The van der Waals surface area contributed by atoms with Crippen molar-refractivity contribution in [3.05, 3.63) is 53.1 Å². The van der Waals surface area contributed by atoms with Crippen LogP contribution in [0.5, 0.6) is 5.75 Å². The van der Waals surface area contributed by atoms with Crippen molar-refractivity contribution >= 4 is 23.3 Å². The first-order valence-corrected chi connectivity index (χ1v) is 15.0. The van der Waals surface area contributed by atoms with E-state index in [2.05, 4.69) is 44.1 Å². The summed E-state index contributed by atoms with van der Waals surface area (Å²) in [5.74, 6) is 1.83. The number of rotatable bonds is 8. The molecule has 7 nitrogen and oxygen atoms in total. The second-order valence-corrected chi connectivity index (χ2v) is 11.4. The van der Waals surface area contributed by atoms with E-state index < -0.39 is 0 Å². The molecule has 1 aliphatic heterocycles. The molecular weight excluding hydrogens is 514 g/mol. The van der Waals surface area contributed by atoms with Crippen molar-refractivity contribution in [1.82, 2.24) is 19.8 Å². The second kappa shape index (κ2) is 15.8. The third-order valence-corrected chi connectivity index (χ3v) is 8.04. The van der Waals surface area contributed by atoms with E-state index in [0.29, 0.717) is 11.3 Å². The molecule has 3 aromatic rings. The molecule has 2 aromatic carbocycles. The number of nitrogens with one attached hydrogen (secondary N) is 1. The summed E-state index contributed by atoms with van der Waals surface area (Å²) in [6.45, 7) is 7.80. The number of nitriles is 1. The molecule has 0 amide bonds. The van der Waals surface area contributed by atoms with Gasteiger partial charge in [0.15, 0.2) is 0 Å². The first-order chi connectivity index (χ1) is 18.6. The lowest BCUT2D eigenvalue weighted by Crippen LogP contribution is -2.22. The Kier molecular flexibility index (Phi) is 12.5. The number of likely N-dealkylation sites (tertiary alicyclic amines) is 1. The summed E-state index contributed by atoms with van der Waals surface area (Å²) < 4.78 is 8.78. The monoisotopic (exact) mass is 553 g/mol. The summed E-state index contributed by atoms with van der Waals surface area (Å²) >= 11 is 3.37. The third-order valence-electron chi connectivity index (χ3n) is 6.36. The molecule has 2 heterocycles. The maximum atomic E-state index is 9.43. The van der Waals surface area contributed by atoms with Crippen molar-refractivity contribution in [2.45, 2.75) is 52.1 Å². The summed E-state index contributed by atoms with van der Waals surface area (Å²) in [7, 11) is 2.98. The van der Waals surface area contributed by atoms with Gasteiger partial charge in [-0.3, -0.25) is 4.72 Å². The zero-order valence-electron chi connectivity index (χ0n) is 22.9. The number of aliphatic hydroxyl groups excluding tert-OH is 1. The average molecular weight is 554 g/mol. The number of hydrogen-bond acceptors (Lipinski definition) is 9. The van der Waals surface area contributed by atoms with Gasteiger partial charge in [-0.15, -0.1) is 10.2 Å². The zero-order valence-corrected chi connectivity index (χ0v) is 24.5. The van der Waals surface area contributed by atoms with Gasteiger partial charge in [0.05, 0.1) is 11.7 Å². The Morgan fingerprint density at radius 1 is 1.11 bits per heavy atom. The summed E-state index contributed by atoms with van der Waals surface area (Å²) in [5, 5.41) is 27.0. The predicted octanol–water partition coefficient (Wildman–Crippen LogP) is 5.58. The number of hydrogen-bond donors (Lipinski definition) is 2. The molecule has 9 heteroatoms. The van der Waals surface area contributed by atoms with E-state index in [4.69, 9.17) is 9.84 Å². The number of fused-ring (bicyclic) bond motifs is 1. The SMILES string of the molecule is CC(C)Oc1ccc(-c2nnc(-c3cccc4c3CCC4)s2)cc1C#N.CNSCCN1CCCC1.CO. The number of aromatic nitrogens is 2. The smallest absolute Gasteiger partial charge is 0.148 e. The fourth-order valence-electron chi connectivity index (χ4n) is 4.66. The highest BCUT2D eigenvalue weighted by Gasteiger charge is 2.19. The van der Waals surface area contributed by atoms with E-state index in [-0.39, 0.29) is 6.10 Å². The van der Waals surface area contributed by atoms with Gasteiger partial charge < -0.3 is 14.7 Å². The molecule has 1 aliphatic carbocycles. The first kappa shape index (κ1) is 30.1. The van der Waals surface area contributed by atoms with Crippen LogP contribution in [0.25, 0.3) is 21.1 Å². The highest BCUT2D eigenvalue weighted by atomic mass is 32.2. The van der Waals surface area contributed by atoms with E-state index in [0.717, 1.165) is 35.5 Å². The van der Waals surface area contributed by atoms with Crippen LogP contribution in [-0.2, 0) is 12.8 Å². The van der Waals surface area contributed by atoms with E-state index in [1.807, 2.05) is 39.1 Å². The minimum Gasteiger partial charge on any atom is -0.490 e. The molecule has 0 unspecified atom stereocenters. The molecule has 1 aromatic heterocycles. The average Bonchev–Trinajstić information content (AvgIpc) is 3.72. The van der Waals surface area contributed by atoms with E-state index in [1.54, 1.807) is 23.3 Å². The first-order valence-electron chi connectivity index (χ1n) is 13.2. The number of ether oxygens (including phenoxy) is 1. The van der Waals surface area contributed by atoms with E-state index in [9.17, 15) is 5.26 Å². The van der Waals surface area contributed by atoms with Crippen LogP contribution in [0.4, 0.5) is 0 Å². The van der Waals surface area contributed by atoms with Crippen LogP contribution in [0.1, 0.15) is 49.8 Å². The van der Waals surface area contributed by atoms with Gasteiger partial charge in [-0.05, 0) is 95.4 Å². The van der Waals surface area contributed by atoms with Crippen molar-refractivity contribution in [3.8, 4) is 33.0 Å². The topological polar surface area (TPSA) is 94.3 Å². The molecule has 0 radical (unpaired) electrons. The molecule has 5 rings (SSSR count). The van der Waals surface area contributed by atoms with Crippen molar-refractivity contribution in [3.63, 3.8) is 0 Å². The molecular formula is C29H39N5O2S2. The third kappa shape index (κ3) is 8.26. The normalized spacial score (nSPS) is 14.2. The fraction of sp³-hybridized carbons (Fsp3) is 0.483. The highest BCUT2D eigenvalue weighted by molar-refractivity contribution is 7.97. The maximum absolute atomic E-state index is 9.43. The van der Waals surface area contributed by atoms with Crippen LogP contribution >= 0.6 is 23.3 Å². The molecule has 0 atom stereocenters. The lowest BCUT2D eigenvalue weighted by molar-refractivity contribution is 0.242. The van der Waals surface area contributed by atoms with Crippen LogP contribution < -0.4 is 9.46 Å². The van der Waals surface area contributed by atoms with Gasteiger partial charge in [0.2, 0.25) is 0 Å². The molecule has 1 saturated heterocycles. The van der Waals surface area contributed by atoms with Gasteiger partial charge in [0.1, 0.15) is 21.8 Å². The standard InChI is InChI=1S/C21H19N3OS.C7H16N2S.CH4O/c1-13(2)25-19-10-9-15(11-16(19)12-22)20-23-24-21(26-20)18-8-4-6-14-5-3-7-17(14)18;1-8-10-7-6-9-4-2-3-5-9;1-2/h4,6,8-11,13H,3,5,7H2,1-2H3;8H,2-7H2,1H3;2H,1H3. The Hall–Kier alpha value is -2.48. The van der Waals surface area contributed by atoms with Crippen LogP contribution in [0.15, 0.2) is 36.4 Å². The molecule has 0 spiro atoms. The molecule has 2 aliphatic rings. The maximum Gasteiger partial charge on any atom is 0.148 e. The van der Waals surface area contributed by atoms with Gasteiger partial charge >= 0.3 is 0 Å². The van der Waals surface area contributed by atoms with Crippen molar-refractivity contribution in [1.29, 1.82) is 5.26 Å². The number of aryl methyl sites for hydroxylation is 1. The number of aliphatic hydroxyl groups is 1. The van der Waals surface area contributed by atoms with Crippen LogP contribution in [0.3, 0.4) is 0 Å². The van der Waals surface area contributed by atoms with Crippen LogP contribution in [0.2, 0.25) is 0 Å². The Morgan fingerprint density at radius 2 is 1.87 bits per heavy atom. The second-order valence-electron chi connectivity index (χ2n) is 9.30. The Labute approximate surface area is 235 Å². The molecule has 38 heavy (non-hydrogen) atoms. The van der Waals surface area contributed by atoms with Crippen molar-refractivity contribution in [2.24, 2.45) is 0 Å². The van der Waals surface area contributed by atoms with Crippen LogP contribution in [-0.4, -0.2) is 65.9 Å². The summed E-state index contributed by atoms with van der Waals surface area (Å²) in [4.78, 5) is 2.53.